The highest BCUT2D eigenvalue weighted by Gasteiger charge is 2.22. The zero-order valence-corrected chi connectivity index (χ0v) is 16.0. The Hall–Kier alpha value is -1.85. The van der Waals surface area contributed by atoms with E-state index < -0.39 is 10.0 Å². The summed E-state index contributed by atoms with van der Waals surface area (Å²) in [5.74, 6) is 0. The molecule has 1 aliphatic rings. The highest BCUT2D eigenvalue weighted by atomic mass is 32.2. The minimum absolute atomic E-state index is 0.368. The summed E-state index contributed by atoms with van der Waals surface area (Å²) < 4.78 is 27.3. The van der Waals surface area contributed by atoms with E-state index in [-0.39, 0.29) is 0 Å². The number of nitrogens with zero attached hydrogens (tertiary/aromatic N) is 2. The normalized spacial score (nSPS) is 14.4. The first kappa shape index (κ1) is 18.0. The lowest BCUT2D eigenvalue weighted by atomic mass is 9.92. The maximum absolute atomic E-state index is 12.9. The third kappa shape index (κ3) is 3.88. The van der Waals surface area contributed by atoms with Crippen LogP contribution in [0, 0.1) is 0 Å². The molecular formula is C20H26N2O2S. The molecule has 1 aliphatic carbocycles. The van der Waals surface area contributed by atoms with E-state index in [9.17, 15) is 8.42 Å². The van der Waals surface area contributed by atoms with Gasteiger partial charge in [-0.05, 0) is 66.6 Å². The van der Waals surface area contributed by atoms with Gasteiger partial charge in [-0.15, -0.1) is 0 Å². The van der Waals surface area contributed by atoms with Crippen molar-refractivity contribution in [3.05, 3.63) is 59.2 Å². The van der Waals surface area contributed by atoms with Crippen LogP contribution in [0.5, 0.6) is 0 Å². The Morgan fingerprint density at radius 1 is 0.880 bits per heavy atom. The Balaban J connectivity index is 1.79. The molecule has 0 bridgehead atoms. The number of aryl methyl sites for hydroxylation is 2. The fourth-order valence-electron chi connectivity index (χ4n) is 3.29. The lowest BCUT2D eigenvalue weighted by molar-refractivity contribution is 0.466. The number of hydrogen-bond donors (Lipinski definition) is 0. The van der Waals surface area contributed by atoms with Crippen LogP contribution in [0.4, 0.5) is 5.69 Å². The van der Waals surface area contributed by atoms with E-state index in [4.69, 9.17) is 0 Å². The summed E-state index contributed by atoms with van der Waals surface area (Å²) in [6.07, 6.45) is 4.38. The quantitative estimate of drug-likeness (QED) is 0.822. The van der Waals surface area contributed by atoms with E-state index in [2.05, 4.69) is 0 Å². The average Bonchev–Trinajstić information content (AvgIpc) is 2.61. The molecule has 0 spiro atoms. The van der Waals surface area contributed by atoms with Gasteiger partial charge in [0.1, 0.15) is 0 Å². The van der Waals surface area contributed by atoms with Gasteiger partial charge in [0.25, 0.3) is 0 Å². The third-order valence-electron chi connectivity index (χ3n) is 4.89. The van der Waals surface area contributed by atoms with Crippen molar-refractivity contribution in [1.29, 1.82) is 0 Å². The van der Waals surface area contributed by atoms with Crippen LogP contribution in [0.3, 0.4) is 0 Å². The SMILES string of the molecule is CN(C)c1ccc(CN(C)S(=O)(=O)c2ccc3c(c2)CCCC3)cc1. The number of anilines is 1. The maximum Gasteiger partial charge on any atom is 0.243 e. The average molecular weight is 359 g/mol. The molecule has 0 unspecified atom stereocenters. The van der Waals surface area contributed by atoms with E-state index in [1.807, 2.05) is 55.4 Å². The molecule has 134 valence electrons. The summed E-state index contributed by atoms with van der Waals surface area (Å²) in [6.45, 7) is 0.368. The predicted octanol–water partition coefficient (Wildman–Crippen LogP) is 3.45. The molecule has 0 atom stereocenters. The molecule has 0 saturated heterocycles. The first-order valence-electron chi connectivity index (χ1n) is 8.72. The number of benzene rings is 2. The summed E-state index contributed by atoms with van der Waals surface area (Å²) in [5, 5.41) is 0. The second kappa shape index (κ2) is 7.18. The van der Waals surface area contributed by atoms with Crippen molar-refractivity contribution in [1.82, 2.24) is 4.31 Å². The predicted molar refractivity (Wildman–Crippen MR) is 103 cm³/mol. The molecule has 2 aromatic rings. The van der Waals surface area contributed by atoms with E-state index in [1.165, 1.54) is 21.9 Å². The molecule has 3 rings (SSSR count). The van der Waals surface area contributed by atoms with Gasteiger partial charge in [-0.1, -0.05) is 18.2 Å². The highest BCUT2D eigenvalue weighted by Crippen LogP contribution is 2.26. The van der Waals surface area contributed by atoms with Crippen LogP contribution in [-0.2, 0) is 29.4 Å². The van der Waals surface area contributed by atoms with Crippen LogP contribution in [-0.4, -0.2) is 33.9 Å². The molecule has 0 heterocycles. The van der Waals surface area contributed by atoms with Crippen LogP contribution >= 0.6 is 0 Å². The molecule has 0 aliphatic heterocycles. The Labute approximate surface area is 151 Å². The second-order valence-corrected chi connectivity index (χ2v) is 9.00. The number of rotatable bonds is 5. The molecule has 0 aromatic heterocycles. The summed E-state index contributed by atoms with van der Waals surface area (Å²) in [5.41, 5.74) is 4.57. The second-order valence-electron chi connectivity index (χ2n) is 6.96. The number of sulfonamides is 1. The van der Waals surface area contributed by atoms with Crippen molar-refractivity contribution in [2.75, 3.05) is 26.0 Å². The largest absolute Gasteiger partial charge is 0.378 e. The fourth-order valence-corrected chi connectivity index (χ4v) is 4.50. The molecule has 25 heavy (non-hydrogen) atoms. The molecule has 0 amide bonds. The Kier molecular flexibility index (Phi) is 5.16. The van der Waals surface area contributed by atoms with E-state index in [0.717, 1.165) is 30.5 Å². The Morgan fingerprint density at radius 2 is 1.52 bits per heavy atom. The fraction of sp³-hybridized carbons (Fsp3) is 0.400. The van der Waals surface area contributed by atoms with E-state index in [0.29, 0.717) is 11.4 Å². The summed E-state index contributed by atoms with van der Waals surface area (Å²) in [6, 6.07) is 13.6. The van der Waals surface area contributed by atoms with Gasteiger partial charge in [-0.25, -0.2) is 8.42 Å². The standard InChI is InChI=1S/C20H26N2O2S/c1-21(2)19-11-8-16(9-12-19)15-22(3)25(23,24)20-13-10-17-6-4-5-7-18(17)14-20/h8-14H,4-7,15H2,1-3H3. The van der Waals surface area contributed by atoms with Gasteiger partial charge in [-0.3, -0.25) is 0 Å². The first-order chi connectivity index (χ1) is 11.9. The van der Waals surface area contributed by atoms with Crippen LogP contribution in [0.2, 0.25) is 0 Å². The molecule has 0 fully saturated rings. The molecule has 5 heteroatoms. The van der Waals surface area contributed by atoms with Crippen molar-refractivity contribution in [2.24, 2.45) is 0 Å². The van der Waals surface area contributed by atoms with Crippen LogP contribution in [0.15, 0.2) is 47.4 Å². The molecule has 0 N–H and O–H groups in total. The monoisotopic (exact) mass is 358 g/mol. The van der Waals surface area contributed by atoms with Gasteiger partial charge in [0.05, 0.1) is 4.90 Å². The van der Waals surface area contributed by atoms with E-state index in [1.54, 1.807) is 13.1 Å². The minimum Gasteiger partial charge on any atom is -0.378 e. The van der Waals surface area contributed by atoms with Gasteiger partial charge < -0.3 is 4.90 Å². The van der Waals surface area contributed by atoms with Crippen molar-refractivity contribution in [2.45, 2.75) is 37.1 Å². The molecular weight excluding hydrogens is 332 g/mol. The topological polar surface area (TPSA) is 40.6 Å². The summed E-state index contributed by atoms with van der Waals surface area (Å²) in [7, 11) is 2.15. The van der Waals surface area contributed by atoms with Crippen molar-refractivity contribution in [3.8, 4) is 0 Å². The van der Waals surface area contributed by atoms with Gasteiger partial charge in [-0.2, -0.15) is 4.31 Å². The Bertz CT molecular complexity index is 842. The zero-order valence-electron chi connectivity index (χ0n) is 15.2. The molecule has 0 saturated carbocycles. The van der Waals surface area contributed by atoms with Gasteiger partial charge >= 0.3 is 0 Å². The zero-order chi connectivity index (χ0) is 18.0. The van der Waals surface area contributed by atoms with Crippen LogP contribution in [0.1, 0.15) is 29.5 Å². The van der Waals surface area contributed by atoms with Crippen molar-refractivity contribution >= 4 is 15.7 Å². The first-order valence-corrected chi connectivity index (χ1v) is 10.2. The third-order valence-corrected chi connectivity index (χ3v) is 6.69. The lowest BCUT2D eigenvalue weighted by Gasteiger charge is -2.21. The Morgan fingerprint density at radius 3 is 2.16 bits per heavy atom. The van der Waals surface area contributed by atoms with Crippen molar-refractivity contribution < 1.29 is 8.42 Å². The maximum atomic E-state index is 12.9. The number of fused-ring (bicyclic) bond motifs is 1. The molecule has 4 nitrogen and oxygen atoms in total. The van der Waals surface area contributed by atoms with Crippen molar-refractivity contribution in [3.63, 3.8) is 0 Å². The lowest BCUT2D eigenvalue weighted by Crippen LogP contribution is -2.26. The summed E-state index contributed by atoms with van der Waals surface area (Å²) in [4.78, 5) is 2.43. The summed E-state index contributed by atoms with van der Waals surface area (Å²) >= 11 is 0. The van der Waals surface area contributed by atoms with Crippen LogP contribution in [0.25, 0.3) is 0 Å². The van der Waals surface area contributed by atoms with E-state index >= 15 is 0 Å². The molecule has 0 radical (unpaired) electrons. The van der Waals surface area contributed by atoms with Gasteiger partial charge in [0, 0.05) is 33.4 Å². The van der Waals surface area contributed by atoms with Gasteiger partial charge in [0.2, 0.25) is 10.0 Å². The van der Waals surface area contributed by atoms with Gasteiger partial charge in [0.15, 0.2) is 0 Å². The number of hydrogen-bond acceptors (Lipinski definition) is 3. The van der Waals surface area contributed by atoms with Crippen LogP contribution < -0.4 is 4.90 Å². The smallest absolute Gasteiger partial charge is 0.243 e. The molecule has 2 aromatic carbocycles. The highest BCUT2D eigenvalue weighted by molar-refractivity contribution is 7.89. The minimum atomic E-state index is -3.47.